The molecule has 112 valence electrons. The number of hydrogen-bond acceptors (Lipinski definition) is 4. The van der Waals surface area contributed by atoms with Crippen LogP contribution < -0.4 is 15.8 Å². The second-order valence-corrected chi connectivity index (χ2v) is 7.33. The molecule has 4 N–H and O–H groups in total. The Hall–Kier alpha value is -1.27. The highest BCUT2D eigenvalue weighted by Crippen LogP contribution is 2.31. The third kappa shape index (κ3) is 3.24. The summed E-state index contributed by atoms with van der Waals surface area (Å²) in [6.45, 7) is 2.28. The molecule has 6 heteroatoms. The topological polar surface area (TPSA) is 89.4 Å². The molecular formula is C14H23N3O2S. The Bertz CT molecular complexity index is 586. The van der Waals surface area contributed by atoms with Gasteiger partial charge in [-0.3, -0.25) is 0 Å². The van der Waals surface area contributed by atoms with Gasteiger partial charge in [-0.2, -0.15) is 0 Å². The van der Waals surface area contributed by atoms with Crippen molar-refractivity contribution in [1.82, 2.24) is 0 Å². The molecule has 0 spiro atoms. The summed E-state index contributed by atoms with van der Waals surface area (Å²) in [5, 5.41) is 5.12. The lowest BCUT2D eigenvalue weighted by Gasteiger charge is -2.35. The summed E-state index contributed by atoms with van der Waals surface area (Å²) in [5.41, 5.74) is 6.96. The number of anilines is 2. The van der Waals surface area contributed by atoms with E-state index in [2.05, 4.69) is 11.8 Å². The fourth-order valence-corrected chi connectivity index (χ4v) is 3.62. The monoisotopic (exact) mass is 297 g/mol. The molecular weight excluding hydrogens is 274 g/mol. The molecule has 1 aliphatic carbocycles. The molecule has 0 bridgehead atoms. The van der Waals surface area contributed by atoms with E-state index in [4.69, 9.17) is 10.9 Å². The molecule has 0 aromatic heterocycles. The van der Waals surface area contributed by atoms with E-state index >= 15 is 0 Å². The van der Waals surface area contributed by atoms with E-state index in [9.17, 15) is 8.42 Å². The van der Waals surface area contributed by atoms with E-state index in [-0.39, 0.29) is 10.6 Å². The molecule has 1 aromatic rings. The van der Waals surface area contributed by atoms with Crippen molar-refractivity contribution >= 4 is 21.4 Å². The minimum atomic E-state index is -3.75. The van der Waals surface area contributed by atoms with Crippen molar-refractivity contribution in [2.45, 2.75) is 43.5 Å². The quantitative estimate of drug-likeness (QED) is 0.834. The van der Waals surface area contributed by atoms with Crippen molar-refractivity contribution in [3.63, 3.8) is 0 Å². The van der Waals surface area contributed by atoms with Crippen molar-refractivity contribution < 1.29 is 8.42 Å². The molecule has 1 aromatic carbocycles. The third-order valence-electron chi connectivity index (χ3n) is 4.16. The second kappa shape index (κ2) is 5.61. The zero-order valence-electron chi connectivity index (χ0n) is 12.0. The summed E-state index contributed by atoms with van der Waals surface area (Å²) in [6, 6.07) is 5.44. The Labute approximate surface area is 121 Å². The first-order valence-corrected chi connectivity index (χ1v) is 8.49. The zero-order valence-corrected chi connectivity index (χ0v) is 12.9. The van der Waals surface area contributed by atoms with Crippen LogP contribution in [-0.2, 0) is 10.0 Å². The van der Waals surface area contributed by atoms with Crippen LogP contribution in [0.5, 0.6) is 0 Å². The molecule has 5 nitrogen and oxygen atoms in total. The molecule has 20 heavy (non-hydrogen) atoms. The zero-order chi connectivity index (χ0) is 14.9. The first-order chi connectivity index (χ1) is 9.29. The van der Waals surface area contributed by atoms with E-state index in [0.717, 1.165) is 24.4 Å². The van der Waals surface area contributed by atoms with E-state index in [1.165, 1.54) is 18.9 Å². The number of benzene rings is 1. The summed E-state index contributed by atoms with van der Waals surface area (Å²) in [7, 11) is -1.72. The summed E-state index contributed by atoms with van der Waals surface area (Å²) < 4.78 is 22.7. The predicted octanol–water partition coefficient (Wildman–Crippen LogP) is 1.93. The summed E-state index contributed by atoms with van der Waals surface area (Å²) in [5.74, 6) is 0.734. The molecule has 1 aliphatic rings. The lowest BCUT2D eigenvalue weighted by molar-refractivity contribution is 0.336. The Morgan fingerprint density at radius 1 is 1.30 bits per heavy atom. The van der Waals surface area contributed by atoms with Crippen LogP contribution in [0.2, 0.25) is 0 Å². The van der Waals surface area contributed by atoms with Crippen molar-refractivity contribution in [2.24, 2.45) is 11.1 Å². The molecule has 1 fully saturated rings. The van der Waals surface area contributed by atoms with Gasteiger partial charge in [0.25, 0.3) is 0 Å². The summed E-state index contributed by atoms with van der Waals surface area (Å²) in [4.78, 5) is 2.19. The number of sulfonamides is 1. The molecule has 0 amide bonds. The SMILES string of the molecule is CC1CCCC(N(C)c2ccc(S(N)(=O)=O)c(N)c2)C1. The normalized spacial score (nSPS) is 23.6. The molecule has 1 saturated carbocycles. The lowest BCUT2D eigenvalue weighted by Crippen LogP contribution is -2.35. The van der Waals surface area contributed by atoms with E-state index < -0.39 is 10.0 Å². The predicted molar refractivity (Wildman–Crippen MR) is 82.1 cm³/mol. The van der Waals surface area contributed by atoms with Gasteiger partial charge in [0.05, 0.1) is 5.69 Å². The van der Waals surface area contributed by atoms with Crippen LogP contribution >= 0.6 is 0 Å². The Balaban J connectivity index is 2.23. The lowest BCUT2D eigenvalue weighted by atomic mass is 9.86. The highest BCUT2D eigenvalue weighted by molar-refractivity contribution is 7.89. The van der Waals surface area contributed by atoms with Crippen molar-refractivity contribution in [3.8, 4) is 0 Å². The maximum absolute atomic E-state index is 11.4. The van der Waals surface area contributed by atoms with Crippen LogP contribution in [0.25, 0.3) is 0 Å². The average molecular weight is 297 g/mol. The fraction of sp³-hybridized carbons (Fsp3) is 0.571. The smallest absolute Gasteiger partial charge is 0.240 e. The largest absolute Gasteiger partial charge is 0.398 e. The highest BCUT2D eigenvalue weighted by Gasteiger charge is 2.23. The van der Waals surface area contributed by atoms with Crippen LogP contribution in [0.4, 0.5) is 11.4 Å². The van der Waals surface area contributed by atoms with Gasteiger partial charge in [0.1, 0.15) is 4.90 Å². The fourth-order valence-electron chi connectivity index (χ4n) is 2.98. The molecule has 2 unspecified atom stereocenters. The van der Waals surface area contributed by atoms with Gasteiger partial charge in [-0.1, -0.05) is 19.8 Å². The molecule has 0 aliphatic heterocycles. The van der Waals surface area contributed by atoms with Gasteiger partial charge in [0, 0.05) is 18.8 Å². The van der Waals surface area contributed by atoms with Crippen LogP contribution in [0.1, 0.15) is 32.6 Å². The molecule has 0 heterocycles. The first-order valence-electron chi connectivity index (χ1n) is 6.94. The Morgan fingerprint density at radius 3 is 2.55 bits per heavy atom. The van der Waals surface area contributed by atoms with E-state index in [0.29, 0.717) is 6.04 Å². The third-order valence-corrected chi connectivity index (χ3v) is 5.15. The van der Waals surface area contributed by atoms with Crippen molar-refractivity contribution in [3.05, 3.63) is 18.2 Å². The standard InChI is InChI=1S/C14H23N3O2S/c1-10-4-3-5-11(8-10)17(2)12-6-7-14(13(15)9-12)20(16,18)19/h6-7,9-11H,3-5,8,15H2,1-2H3,(H2,16,18,19). The number of nitrogens with zero attached hydrogens (tertiary/aromatic N) is 1. The van der Waals surface area contributed by atoms with Crippen molar-refractivity contribution in [1.29, 1.82) is 0 Å². The molecule has 2 atom stereocenters. The van der Waals surface area contributed by atoms with Gasteiger partial charge in [-0.15, -0.1) is 0 Å². The van der Waals surface area contributed by atoms with Gasteiger partial charge >= 0.3 is 0 Å². The molecule has 0 radical (unpaired) electrons. The molecule has 2 rings (SSSR count). The van der Waals surface area contributed by atoms with Crippen molar-refractivity contribution in [2.75, 3.05) is 17.7 Å². The number of nitrogen functional groups attached to an aromatic ring is 1. The minimum Gasteiger partial charge on any atom is -0.398 e. The van der Waals surface area contributed by atoms with Crippen LogP contribution in [-0.4, -0.2) is 21.5 Å². The number of primary sulfonamides is 1. The van der Waals surface area contributed by atoms with E-state index in [1.54, 1.807) is 12.1 Å². The first kappa shape index (κ1) is 15.1. The second-order valence-electron chi connectivity index (χ2n) is 5.80. The summed E-state index contributed by atoms with van der Waals surface area (Å²) in [6.07, 6.45) is 4.85. The summed E-state index contributed by atoms with van der Waals surface area (Å²) >= 11 is 0. The Morgan fingerprint density at radius 2 is 2.00 bits per heavy atom. The van der Waals surface area contributed by atoms with Gasteiger partial charge in [0.2, 0.25) is 10.0 Å². The van der Waals surface area contributed by atoms with Gasteiger partial charge in [-0.25, -0.2) is 13.6 Å². The van der Waals surface area contributed by atoms with Gasteiger partial charge in [0.15, 0.2) is 0 Å². The maximum atomic E-state index is 11.4. The molecule has 0 saturated heterocycles. The van der Waals surface area contributed by atoms with E-state index in [1.807, 2.05) is 7.05 Å². The number of nitrogens with two attached hydrogens (primary N) is 2. The minimum absolute atomic E-state index is 0.00772. The average Bonchev–Trinajstić information content (AvgIpc) is 2.36. The van der Waals surface area contributed by atoms with Crippen LogP contribution in [0.15, 0.2) is 23.1 Å². The Kier molecular flexibility index (Phi) is 4.25. The van der Waals surface area contributed by atoms with Gasteiger partial charge in [-0.05, 0) is 37.0 Å². The van der Waals surface area contributed by atoms with Crippen LogP contribution in [0, 0.1) is 5.92 Å². The van der Waals surface area contributed by atoms with Crippen LogP contribution in [0.3, 0.4) is 0 Å². The number of rotatable bonds is 3. The highest BCUT2D eigenvalue weighted by atomic mass is 32.2. The number of hydrogen-bond donors (Lipinski definition) is 2. The maximum Gasteiger partial charge on any atom is 0.240 e. The van der Waals surface area contributed by atoms with Gasteiger partial charge < -0.3 is 10.6 Å².